The van der Waals surface area contributed by atoms with Gasteiger partial charge in [-0.25, -0.2) is 15.2 Å². The zero-order valence-electron chi connectivity index (χ0n) is 14.9. The first-order valence-electron chi connectivity index (χ1n) is 8.44. The second-order valence-electron chi connectivity index (χ2n) is 6.61. The van der Waals surface area contributed by atoms with Gasteiger partial charge in [-0.3, -0.25) is 9.69 Å². The second kappa shape index (κ2) is 6.80. The number of nitrogens with zero attached hydrogens (tertiary/aromatic N) is 4. The number of hydrogen-bond donors (Lipinski definition) is 1. The van der Waals surface area contributed by atoms with Crippen molar-refractivity contribution >= 4 is 11.4 Å². The topological polar surface area (TPSA) is 59.4 Å². The number of aliphatic imine (C=N–C) groups is 1. The molecule has 0 bridgehead atoms. The summed E-state index contributed by atoms with van der Waals surface area (Å²) in [6, 6.07) is 0.137. The van der Waals surface area contributed by atoms with Gasteiger partial charge in [-0.15, -0.1) is 0 Å². The molecule has 2 N–H and O–H groups in total. The van der Waals surface area contributed by atoms with Crippen molar-refractivity contribution < 1.29 is 4.39 Å². The molecule has 3 rings (SSSR count). The van der Waals surface area contributed by atoms with Gasteiger partial charge in [0.05, 0.1) is 29.3 Å². The maximum absolute atomic E-state index is 13.1. The van der Waals surface area contributed by atoms with Crippen LogP contribution < -0.4 is 5.84 Å². The molecule has 0 saturated heterocycles. The first-order valence-corrected chi connectivity index (χ1v) is 8.44. The van der Waals surface area contributed by atoms with E-state index in [1.807, 2.05) is 37.7 Å². The zero-order chi connectivity index (χ0) is 18.1. The van der Waals surface area contributed by atoms with Crippen molar-refractivity contribution in [2.24, 2.45) is 10.8 Å². The van der Waals surface area contributed by atoms with Crippen LogP contribution in [0.2, 0.25) is 0 Å². The van der Waals surface area contributed by atoms with Crippen LogP contribution in [0.15, 0.2) is 59.2 Å². The van der Waals surface area contributed by atoms with Crippen molar-refractivity contribution in [3.8, 4) is 0 Å². The highest BCUT2D eigenvalue weighted by molar-refractivity contribution is 6.16. The van der Waals surface area contributed by atoms with Gasteiger partial charge < -0.3 is 0 Å². The summed E-state index contributed by atoms with van der Waals surface area (Å²) >= 11 is 0. The van der Waals surface area contributed by atoms with Crippen molar-refractivity contribution in [1.82, 2.24) is 14.8 Å². The number of hydrogen-bond acceptors (Lipinski definition) is 4. The molecule has 1 aromatic heterocycles. The molecule has 1 aromatic rings. The van der Waals surface area contributed by atoms with Crippen molar-refractivity contribution in [3.63, 3.8) is 0 Å². The van der Waals surface area contributed by atoms with Crippen LogP contribution in [0.4, 0.5) is 4.39 Å². The third-order valence-corrected chi connectivity index (χ3v) is 4.58. The van der Waals surface area contributed by atoms with Crippen LogP contribution in [0, 0.1) is 0 Å². The number of halogens is 1. The third-order valence-electron chi connectivity index (χ3n) is 4.58. The molecule has 6 heteroatoms. The monoisotopic (exact) mass is 341 g/mol. The van der Waals surface area contributed by atoms with Gasteiger partial charge in [0, 0.05) is 30.8 Å². The van der Waals surface area contributed by atoms with Gasteiger partial charge in [0.1, 0.15) is 6.17 Å². The lowest BCUT2D eigenvalue weighted by molar-refractivity contribution is 0.128. The van der Waals surface area contributed by atoms with Crippen molar-refractivity contribution in [1.29, 1.82) is 0 Å². The molecule has 1 aliphatic carbocycles. The smallest absolute Gasteiger partial charge is 0.104 e. The lowest BCUT2D eigenvalue weighted by Gasteiger charge is -2.29. The lowest BCUT2D eigenvalue weighted by atomic mass is 9.91. The molecular weight excluding hydrogens is 317 g/mol. The minimum absolute atomic E-state index is 0.137. The molecule has 0 radical (unpaired) electrons. The predicted octanol–water partition coefficient (Wildman–Crippen LogP) is 3.91. The fourth-order valence-corrected chi connectivity index (χ4v) is 3.11. The maximum atomic E-state index is 13.1. The van der Waals surface area contributed by atoms with Crippen LogP contribution in [0.5, 0.6) is 0 Å². The number of allylic oxidation sites excluding steroid dienone is 4. The Labute approximate surface area is 147 Å². The average Bonchev–Trinajstić information content (AvgIpc) is 3.01. The van der Waals surface area contributed by atoms with Crippen LogP contribution in [-0.2, 0) is 0 Å². The molecule has 132 valence electrons. The van der Waals surface area contributed by atoms with Crippen molar-refractivity contribution in [2.45, 2.75) is 45.8 Å². The van der Waals surface area contributed by atoms with Gasteiger partial charge in [0.25, 0.3) is 0 Å². The van der Waals surface area contributed by atoms with E-state index in [-0.39, 0.29) is 6.04 Å². The van der Waals surface area contributed by atoms with Gasteiger partial charge in [-0.2, -0.15) is 5.10 Å². The Morgan fingerprint density at radius 1 is 1.40 bits per heavy atom. The Balaban J connectivity index is 1.98. The molecule has 0 atom stereocenters. The number of rotatable bonds is 4. The van der Waals surface area contributed by atoms with Crippen molar-refractivity contribution in [3.05, 3.63) is 59.7 Å². The summed E-state index contributed by atoms with van der Waals surface area (Å²) in [6.07, 6.45) is 9.54. The van der Waals surface area contributed by atoms with E-state index in [4.69, 9.17) is 10.8 Å². The van der Waals surface area contributed by atoms with E-state index in [0.29, 0.717) is 12.8 Å². The highest BCUT2D eigenvalue weighted by Crippen LogP contribution is 2.35. The Morgan fingerprint density at radius 2 is 2.12 bits per heavy atom. The van der Waals surface area contributed by atoms with Crippen LogP contribution in [-0.4, -0.2) is 26.7 Å². The molecule has 2 aliphatic rings. The molecule has 0 amide bonds. The largest absolute Gasteiger partial charge is 0.283 e. The van der Waals surface area contributed by atoms with E-state index in [0.717, 1.165) is 33.8 Å². The Kier molecular flexibility index (Phi) is 4.72. The van der Waals surface area contributed by atoms with Gasteiger partial charge >= 0.3 is 0 Å². The summed E-state index contributed by atoms with van der Waals surface area (Å²) in [5, 5.41) is 5.97. The fourth-order valence-electron chi connectivity index (χ4n) is 3.11. The van der Waals surface area contributed by atoms with Crippen LogP contribution >= 0.6 is 0 Å². The third kappa shape index (κ3) is 3.22. The maximum Gasteiger partial charge on any atom is 0.104 e. The lowest BCUT2D eigenvalue weighted by Crippen LogP contribution is -2.33. The summed E-state index contributed by atoms with van der Waals surface area (Å²) in [7, 11) is 0. The summed E-state index contributed by atoms with van der Waals surface area (Å²) < 4.78 is 14.9. The van der Waals surface area contributed by atoms with Crippen LogP contribution in [0.3, 0.4) is 0 Å². The quantitative estimate of drug-likeness (QED) is 0.667. The molecule has 1 saturated carbocycles. The van der Waals surface area contributed by atoms with Gasteiger partial charge in [0.15, 0.2) is 0 Å². The molecule has 5 nitrogen and oxygen atoms in total. The Hall–Kier alpha value is -2.47. The number of aromatic nitrogens is 2. The number of hydrazine groups is 1. The molecule has 0 aromatic carbocycles. The number of nitrogens with two attached hydrogens (primary N) is 1. The van der Waals surface area contributed by atoms with E-state index >= 15 is 0 Å². The normalized spacial score (nSPS) is 23.8. The van der Waals surface area contributed by atoms with Gasteiger partial charge in [0.2, 0.25) is 0 Å². The Bertz CT molecular complexity index is 802. The SMILES string of the molecule is C=C/C(=C\C)C1=NC(c2cnn(C3CC(F)C3)c2)=CN(N)C1=C(C)C. The summed E-state index contributed by atoms with van der Waals surface area (Å²) in [4.78, 5) is 4.81. The highest BCUT2D eigenvalue weighted by Gasteiger charge is 2.31. The first-order chi connectivity index (χ1) is 11.9. The minimum Gasteiger partial charge on any atom is -0.283 e. The zero-order valence-corrected chi connectivity index (χ0v) is 14.9. The molecule has 1 fully saturated rings. The molecule has 1 aliphatic heterocycles. The Morgan fingerprint density at radius 3 is 2.68 bits per heavy atom. The predicted molar refractivity (Wildman–Crippen MR) is 99.2 cm³/mol. The molecule has 0 unspecified atom stereocenters. The summed E-state index contributed by atoms with van der Waals surface area (Å²) in [6.45, 7) is 9.83. The number of alkyl halides is 1. The standard InChI is InChI=1S/C19H24FN5/c1-5-13(6-2)18-19(12(3)4)24(21)11-17(23-18)14-9-22-25(10-14)16-7-15(20)8-16/h5-6,9-11,15-16H,1,7-8,21H2,2-4H3/b13-6+. The highest BCUT2D eigenvalue weighted by atomic mass is 19.1. The molecule has 25 heavy (non-hydrogen) atoms. The van der Waals surface area contributed by atoms with Gasteiger partial charge in [-0.1, -0.05) is 18.7 Å². The van der Waals surface area contributed by atoms with Gasteiger partial charge in [-0.05, 0) is 31.9 Å². The van der Waals surface area contributed by atoms with E-state index in [2.05, 4.69) is 11.7 Å². The average molecular weight is 341 g/mol. The van der Waals surface area contributed by atoms with E-state index in [1.165, 1.54) is 0 Å². The van der Waals surface area contributed by atoms with E-state index < -0.39 is 6.17 Å². The minimum atomic E-state index is -0.708. The molecular formula is C19H24FN5. The van der Waals surface area contributed by atoms with Crippen molar-refractivity contribution in [2.75, 3.05) is 0 Å². The molecule has 2 heterocycles. The first kappa shape index (κ1) is 17.4. The summed E-state index contributed by atoms with van der Waals surface area (Å²) in [5.41, 5.74) is 5.23. The van der Waals surface area contributed by atoms with Crippen LogP contribution in [0.25, 0.3) is 5.70 Å². The van der Waals surface area contributed by atoms with E-state index in [1.54, 1.807) is 23.5 Å². The fraction of sp³-hybridized carbons (Fsp3) is 0.368. The van der Waals surface area contributed by atoms with E-state index in [9.17, 15) is 4.39 Å². The molecule has 0 spiro atoms. The van der Waals surface area contributed by atoms with Crippen LogP contribution in [0.1, 0.15) is 45.2 Å². The second-order valence-corrected chi connectivity index (χ2v) is 6.61. The summed E-state index contributed by atoms with van der Waals surface area (Å²) in [5.74, 6) is 6.25.